The fourth-order valence-corrected chi connectivity index (χ4v) is 3.31. The molecule has 0 aliphatic rings. The minimum absolute atomic E-state index is 0.416. The lowest BCUT2D eigenvalue weighted by Gasteiger charge is -2.35. The van der Waals surface area contributed by atoms with Crippen LogP contribution in [0.2, 0.25) is 0 Å². The van der Waals surface area contributed by atoms with E-state index in [2.05, 4.69) is 25.4 Å². The summed E-state index contributed by atoms with van der Waals surface area (Å²) in [5.41, 5.74) is 0.631. The first-order valence-corrected chi connectivity index (χ1v) is 8.52. The van der Waals surface area contributed by atoms with Gasteiger partial charge < -0.3 is 5.11 Å². The van der Waals surface area contributed by atoms with Crippen LogP contribution in [-0.2, 0) is 12.6 Å². The van der Waals surface area contributed by atoms with Crippen LogP contribution >= 0.6 is 0 Å². The van der Waals surface area contributed by atoms with Crippen molar-refractivity contribution in [3.05, 3.63) is 102 Å². The Balaban J connectivity index is 2.00. The predicted octanol–water partition coefficient (Wildman–Crippen LogP) is 2.07. The summed E-state index contributed by atoms with van der Waals surface area (Å²) in [7, 11) is 1.70. The average molecular weight is 358 g/mol. The number of pyridine rings is 2. The molecule has 7 heteroatoms. The summed E-state index contributed by atoms with van der Waals surface area (Å²) in [6, 6.07) is 16.9. The summed E-state index contributed by atoms with van der Waals surface area (Å²) in [4.78, 5) is 9.81. The van der Waals surface area contributed by atoms with Crippen LogP contribution in [0.15, 0.2) is 79.4 Å². The Morgan fingerprint density at radius 2 is 1.52 bits per heavy atom. The summed E-state index contributed by atoms with van der Waals surface area (Å²) < 4.78 is 0. The van der Waals surface area contributed by atoms with E-state index in [4.69, 9.17) is 0 Å². The van der Waals surface area contributed by atoms with Gasteiger partial charge in [-0.2, -0.15) is 4.80 Å². The van der Waals surface area contributed by atoms with E-state index in [-0.39, 0.29) is 0 Å². The van der Waals surface area contributed by atoms with Crippen LogP contribution in [0.5, 0.6) is 0 Å². The van der Waals surface area contributed by atoms with Crippen LogP contribution in [0.1, 0.15) is 28.4 Å². The highest BCUT2D eigenvalue weighted by Gasteiger charge is 2.45. The maximum atomic E-state index is 12.1. The zero-order valence-electron chi connectivity index (χ0n) is 14.7. The molecule has 0 aliphatic heterocycles. The lowest BCUT2D eigenvalue weighted by atomic mass is 9.73. The number of aromatic nitrogens is 6. The molecule has 0 fully saturated rings. The normalized spacial score (nSPS) is 12.7. The molecule has 0 spiro atoms. The van der Waals surface area contributed by atoms with E-state index >= 15 is 0 Å². The quantitative estimate of drug-likeness (QED) is 0.587. The van der Waals surface area contributed by atoms with E-state index in [1.54, 1.807) is 44.0 Å². The van der Waals surface area contributed by atoms with E-state index in [1.807, 2.05) is 42.5 Å². The van der Waals surface area contributed by atoms with E-state index in [1.165, 1.54) is 4.80 Å². The van der Waals surface area contributed by atoms with E-state index in [0.29, 0.717) is 17.0 Å². The monoisotopic (exact) mass is 358 g/mol. The SMILES string of the molecule is Cn1nnc(C(c2ccccc2)C(O)(c2cccnc2)c2cccnc2)n1. The van der Waals surface area contributed by atoms with Gasteiger partial charge in [-0.1, -0.05) is 42.5 Å². The molecule has 1 atom stereocenters. The Labute approximate surface area is 156 Å². The smallest absolute Gasteiger partial charge is 0.185 e. The van der Waals surface area contributed by atoms with Gasteiger partial charge >= 0.3 is 0 Å². The number of tetrazole rings is 1. The number of aliphatic hydroxyl groups is 1. The Morgan fingerprint density at radius 1 is 0.889 bits per heavy atom. The summed E-state index contributed by atoms with van der Waals surface area (Å²) >= 11 is 0. The maximum Gasteiger partial charge on any atom is 0.185 e. The van der Waals surface area contributed by atoms with Gasteiger partial charge in [0.25, 0.3) is 0 Å². The van der Waals surface area contributed by atoms with Crippen LogP contribution in [-0.4, -0.2) is 35.3 Å². The van der Waals surface area contributed by atoms with E-state index in [0.717, 1.165) is 5.56 Å². The van der Waals surface area contributed by atoms with Gasteiger partial charge in [-0.25, -0.2) is 0 Å². The second-order valence-corrected chi connectivity index (χ2v) is 6.23. The Morgan fingerprint density at radius 3 is 2.00 bits per heavy atom. The first-order valence-electron chi connectivity index (χ1n) is 8.52. The highest BCUT2D eigenvalue weighted by atomic mass is 16.3. The molecule has 134 valence electrons. The molecule has 4 aromatic rings. The number of nitrogens with zero attached hydrogens (tertiary/aromatic N) is 6. The molecule has 0 amide bonds. The number of rotatable bonds is 5. The standard InChI is InChI=1S/C20H18N6O/c1-26-24-19(23-25-26)18(15-7-3-2-4-8-15)20(27,16-9-5-11-21-13-16)17-10-6-12-22-14-17/h2-14,18,27H,1H3. The molecule has 1 N–H and O–H groups in total. The summed E-state index contributed by atoms with van der Waals surface area (Å²) in [6.07, 6.45) is 6.65. The lowest BCUT2D eigenvalue weighted by molar-refractivity contribution is 0.0590. The van der Waals surface area contributed by atoms with Crippen molar-refractivity contribution in [1.82, 2.24) is 30.2 Å². The molecule has 0 aliphatic carbocycles. The molecule has 0 radical (unpaired) electrons. The van der Waals surface area contributed by atoms with Crippen LogP contribution in [0.3, 0.4) is 0 Å². The topological polar surface area (TPSA) is 89.6 Å². The zero-order valence-corrected chi connectivity index (χ0v) is 14.7. The van der Waals surface area contributed by atoms with E-state index < -0.39 is 11.5 Å². The number of aryl methyl sites for hydroxylation is 1. The summed E-state index contributed by atoms with van der Waals surface area (Å²) in [5, 5.41) is 24.7. The van der Waals surface area contributed by atoms with Crippen molar-refractivity contribution in [1.29, 1.82) is 0 Å². The molecule has 0 saturated carbocycles. The molecule has 3 heterocycles. The van der Waals surface area contributed by atoms with Crippen molar-refractivity contribution in [2.75, 3.05) is 0 Å². The molecule has 0 bridgehead atoms. The highest BCUT2D eigenvalue weighted by Crippen LogP contribution is 2.44. The van der Waals surface area contributed by atoms with Crippen LogP contribution < -0.4 is 0 Å². The fraction of sp³-hybridized carbons (Fsp3) is 0.150. The van der Waals surface area contributed by atoms with Gasteiger partial charge in [0, 0.05) is 35.9 Å². The lowest BCUT2D eigenvalue weighted by Crippen LogP contribution is -2.36. The summed E-state index contributed by atoms with van der Waals surface area (Å²) in [6.45, 7) is 0. The zero-order chi connectivity index (χ0) is 18.7. The molecular weight excluding hydrogens is 340 g/mol. The molecule has 0 saturated heterocycles. The van der Waals surface area contributed by atoms with Crippen LogP contribution in [0.4, 0.5) is 0 Å². The Hall–Kier alpha value is -3.45. The second kappa shape index (κ2) is 7.05. The number of benzene rings is 1. The van der Waals surface area contributed by atoms with Gasteiger partial charge in [-0.15, -0.1) is 10.2 Å². The first kappa shape index (κ1) is 17.0. The predicted molar refractivity (Wildman–Crippen MR) is 98.6 cm³/mol. The van der Waals surface area contributed by atoms with Crippen molar-refractivity contribution in [2.45, 2.75) is 11.5 Å². The van der Waals surface area contributed by atoms with Crippen molar-refractivity contribution in [2.24, 2.45) is 7.05 Å². The van der Waals surface area contributed by atoms with Gasteiger partial charge in [0.1, 0.15) is 5.60 Å². The van der Waals surface area contributed by atoms with E-state index in [9.17, 15) is 5.11 Å². The van der Waals surface area contributed by atoms with Gasteiger partial charge in [0.2, 0.25) is 0 Å². The second-order valence-electron chi connectivity index (χ2n) is 6.23. The molecule has 3 aromatic heterocycles. The van der Waals surface area contributed by atoms with Crippen molar-refractivity contribution in [3.8, 4) is 0 Å². The minimum Gasteiger partial charge on any atom is -0.379 e. The first-order chi connectivity index (χ1) is 13.2. The number of hydrogen-bond donors (Lipinski definition) is 1. The summed E-state index contributed by atoms with van der Waals surface area (Å²) in [5.74, 6) is -0.181. The van der Waals surface area contributed by atoms with Crippen LogP contribution in [0, 0.1) is 0 Å². The fourth-order valence-electron chi connectivity index (χ4n) is 3.31. The third kappa shape index (κ3) is 3.09. The maximum absolute atomic E-state index is 12.1. The molecule has 27 heavy (non-hydrogen) atoms. The molecule has 4 rings (SSSR count). The van der Waals surface area contributed by atoms with Gasteiger partial charge in [-0.3, -0.25) is 9.97 Å². The van der Waals surface area contributed by atoms with Crippen molar-refractivity contribution < 1.29 is 5.11 Å². The third-order valence-corrected chi connectivity index (χ3v) is 4.54. The van der Waals surface area contributed by atoms with Crippen molar-refractivity contribution >= 4 is 0 Å². The highest BCUT2D eigenvalue weighted by molar-refractivity contribution is 5.43. The van der Waals surface area contributed by atoms with Gasteiger partial charge in [-0.05, 0) is 22.9 Å². The largest absolute Gasteiger partial charge is 0.379 e. The van der Waals surface area contributed by atoms with Gasteiger partial charge in [0.05, 0.1) is 13.0 Å². The average Bonchev–Trinajstić information content (AvgIpc) is 3.16. The minimum atomic E-state index is -1.48. The molecule has 1 aromatic carbocycles. The third-order valence-electron chi connectivity index (χ3n) is 4.54. The molecular formula is C20H18N6O. The van der Waals surface area contributed by atoms with Crippen molar-refractivity contribution in [3.63, 3.8) is 0 Å². The van der Waals surface area contributed by atoms with Gasteiger partial charge in [0.15, 0.2) is 5.82 Å². The molecule has 1 unspecified atom stereocenters. The Bertz CT molecular complexity index is 965. The number of hydrogen-bond acceptors (Lipinski definition) is 6. The molecule has 7 nitrogen and oxygen atoms in total. The van der Waals surface area contributed by atoms with Crippen LogP contribution in [0.25, 0.3) is 0 Å². The Kier molecular flexibility index (Phi) is 4.43.